The van der Waals surface area contributed by atoms with Crippen molar-refractivity contribution in [3.63, 3.8) is 0 Å². The zero-order valence-corrected chi connectivity index (χ0v) is 15.5. The fourth-order valence-electron chi connectivity index (χ4n) is 2.39. The van der Waals surface area contributed by atoms with Gasteiger partial charge in [-0.3, -0.25) is 9.69 Å². The molecule has 0 aliphatic heterocycles. The van der Waals surface area contributed by atoms with Crippen molar-refractivity contribution in [3.05, 3.63) is 59.3 Å². The molecule has 134 valence electrons. The van der Waals surface area contributed by atoms with E-state index < -0.39 is 0 Å². The van der Waals surface area contributed by atoms with Crippen molar-refractivity contribution in [1.29, 1.82) is 0 Å². The maximum atomic E-state index is 12.4. The summed E-state index contributed by atoms with van der Waals surface area (Å²) in [5, 5.41) is 2.99. The van der Waals surface area contributed by atoms with Gasteiger partial charge in [-0.2, -0.15) is 0 Å². The first-order valence-corrected chi connectivity index (χ1v) is 8.65. The lowest BCUT2D eigenvalue weighted by Crippen LogP contribution is -2.27. The molecule has 25 heavy (non-hydrogen) atoms. The first kappa shape index (κ1) is 18.9. The highest BCUT2D eigenvalue weighted by Gasteiger charge is 2.11. The van der Waals surface area contributed by atoms with Gasteiger partial charge in [0.15, 0.2) is 0 Å². The number of hydrogen-bond acceptors (Lipinski definition) is 4. The average Bonchev–Trinajstić information content (AvgIpc) is 2.61. The monoisotopic (exact) mass is 341 g/mol. The molecule has 0 atom stereocenters. The summed E-state index contributed by atoms with van der Waals surface area (Å²) in [6, 6.07) is 12.0. The minimum Gasteiger partial charge on any atom is -0.478 e. The number of amides is 1. The van der Waals surface area contributed by atoms with Crippen molar-refractivity contribution < 1.29 is 9.53 Å². The number of carbonyl (C=O) groups is 1. The molecule has 0 saturated heterocycles. The van der Waals surface area contributed by atoms with Crippen molar-refractivity contribution in [1.82, 2.24) is 15.2 Å². The van der Waals surface area contributed by atoms with Crippen LogP contribution in [0.2, 0.25) is 0 Å². The molecule has 5 heteroatoms. The summed E-state index contributed by atoms with van der Waals surface area (Å²) >= 11 is 0. The van der Waals surface area contributed by atoms with E-state index in [2.05, 4.69) is 48.2 Å². The van der Waals surface area contributed by atoms with Crippen molar-refractivity contribution in [2.45, 2.75) is 39.9 Å². The molecular weight excluding hydrogens is 314 g/mol. The molecule has 1 N–H and O–H groups in total. The predicted molar refractivity (Wildman–Crippen MR) is 99.6 cm³/mol. The van der Waals surface area contributed by atoms with E-state index in [1.54, 1.807) is 18.3 Å². The van der Waals surface area contributed by atoms with Crippen LogP contribution in [0, 0.1) is 0 Å². The highest BCUT2D eigenvalue weighted by atomic mass is 16.5. The van der Waals surface area contributed by atoms with E-state index in [-0.39, 0.29) is 5.91 Å². The van der Waals surface area contributed by atoms with Gasteiger partial charge in [-0.1, -0.05) is 24.3 Å². The van der Waals surface area contributed by atoms with Gasteiger partial charge in [0.25, 0.3) is 5.91 Å². The molecule has 2 aromatic rings. The van der Waals surface area contributed by atoms with Gasteiger partial charge in [0.05, 0.1) is 6.61 Å². The van der Waals surface area contributed by atoms with Crippen molar-refractivity contribution in [3.8, 4) is 5.88 Å². The van der Waals surface area contributed by atoms with Crippen LogP contribution < -0.4 is 10.1 Å². The summed E-state index contributed by atoms with van der Waals surface area (Å²) in [5.41, 5.74) is 2.90. The first-order chi connectivity index (χ1) is 12.0. The fraction of sp³-hybridized carbons (Fsp3) is 0.400. The number of carbonyl (C=O) groups excluding carboxylic acids is 1. The summed E-state index contributed by atoms with van der Waals surface area (Å²) in [7, 11) is 2.10. The number of benzene rings is 1. The number of nitrogens with one attached hydrogen (secondary N) is 1. The van der Waals surface area contributed by atoms with Gasteiger partial charge < -0.3 is 10.1 Å². The van der Waals surface area contributed by atoms with Crippen LogP contribution in [0.1, 0.15) is 42.3 Å². The molecule has 0 radical (unpaired) electrons. The summed E-state index contributed by atoms with van der Waals surface area (Å²) in [6.07, 6.45) is 1.59. The lowest BCUT2D eigenvalue weighted by atomic mass is 10.1. The molecule has 0 saturated carbocycles. The Morgan fingerprint density at radius 1 is 1.24 bits per heavy atom. The van der Waals surface area contributed by atoms with E-state index in [1.807, 2.05) is 19.1 Å². The third-order valence-electron chi connectivity index (χ3n) is 4.15. The molecular formula is C20H27N3O2. The normalized spacial score (nSPS) is 11.0. The van der Waals surface area contributed by atoms with E-state index in [9.17, 15) is 4.79 Å². The zero-order chi connectivity index (χ0) is 18.2. The number of hydrogen-bond donors (Lipinski definition) is 1. The number of ether oxygens (including phenoxy) is 1. The fourth-order valence-corrected chi connectivity index (χ4v) is 2.39. The Morgan fingerprint density at radius 2 is 1.96 bits per heavy atom. The third-order valence-corrected chi connectivity index (χ3v) is 4.15. The second-order valence-corrected chi connectivity index (χ2v) is 6.28. The first-order valence-electron chi connectivity index (χ1n) is 8.65. The highest BCUT2D eigenvalue weighted by molar-refractivity contribution is 5.94. The molecule has 0 spiro atoms. The predicted octanol–water partition coefficient (Wildman–Crippen LogP) is 3.25. The molecule has 0 aliphatic carbocycles. The topological polar surface area (TPSA) is 54.5 Å². The van der Waals surface area contributed by atoms with Gasteiger partial charge >= 0.3 is 0 Å². The summed E-state index contributed by atoms with van der Waals surface area (Å²) < 4.78 is 5.35. The van der Waals surface area contributed by atoms with Crippen molar-refractivity contribution >= 4 is 5.91 Å². The van der Waals surface area contributed by atoms with Gasteiger partial charge in [-0.05, 0) is 45.0 Å². The third kappa shape index (κ3) is 5.57. The van der Waals surface area contributed by atoms with Crippen LogP contribution in [0.3, 0.4) is 0 Å². The van der Waals surface area contributed by atoms with E-state index >= 15 is 0 Å². The minimum absolute atomic E-state index is 0.129. The molecule has 1 heterocycles. The SMILES string of the molecule is CCOc1cc(C(=O)NCc2ccccc2CN(C)C(C)C)ccn1. The van der Waals surface area contributed by atoms with E-state index in [1.165, 1.54) is 5.56 Å². The average molecular weight is 341 g/mol. The van der Waals surface area contributed by atoms with Crippen molar-refractivity contribution in [2.24, 2.45) is 0 Å². The molecule has 1 amide bonds. The molecule has 0 unspecified atom stereocenters. The van der Waals surface area contributed by atoms with Crippen LogP contribution in [0.4, 0.5) is 0 Å². The molecule has 1 aromatic carbocycles. The Labute approximate surface area is 150 Å². The Balaban J connectivity index is 2.03. The second kappa shape index (κ2) is 9.18. The Hall–Kier alpha value is -2.40. The standard InChI is InChI=1S/C20H27N3O2/c1-5-25-19-12-16(10-11-21-19)20(24)22-13-17-8-6-7-9-18(17)14-23(4)15(2)3/h6-12,15H,5,13-14H2,1-4H3,(H,22,24). The Bertz CT molecular complexity index is 701. The quantitative estimate of drug-likeness (QED) is 0.801. The smallest absolute Gasteiger partial charge is 0.251 e. The number of nitrogens with zero attached hydrogens (tertiary/aromatic N) is 2. The maximum Gasteiger partial charge on any atom is 0.251 e. The van der Waals surface area contributed by atoms with Gasteiger partial charge in [-0.15, -0.1) is 0 Å². The van der Waals surface area contributed by atoms with Crippen LogP contribution in [-0.4, -0.2) is 35.5 Å². The minimum atomic E-state index is -0.129. The van der Waals surface area contributed by atoms with Gasteiger partial charge in [0.1, 0.15) is 0 Å². The summed E-state index contributed by atoms with van der Waals surface area (Å²) in [4.78, 5) is 18.8. The molecule has 1 aromatic heterocycles. The molecule has 5 nitrogen and oxygen atoms in total. The summed E-state index contributed by atoms with van der Waals surface area (Å²) in [5.74, 6) is 0.337. The number of pyridine rings is 1. The Kier molecular flexibility index (Phi) is 6.95. The number of rotatable bonds is 8. The van der Waals surface area contributed by atoms with Crippen molar-refractivity contribution in [2.75, 3.05) is 13.7 Å². The second-order valence-electron chi connectivity index (χ2n) is 6.28. The molecule has 2 rings (SSSR count). The van der Waals surface area contributed by atoms with Gasteiger partial charge in [0.2, 0.25) is 5.88 Å². The van der Waals surface area contributed by atoms with E-state index in [0.29, 0.717) is 30.6 Å². The maximum absolute atomic E-state index is 12.4. The largest absolute Gasteiger partial charge is 0.478 e. The molecule has 0 fully saturated rings. The van der Waals surface area contributed by atoms with Gasteiger partial charge in [-0.25, -0.2) is 4.98 Å². The van der Waals surface area contributed by atoms with Crippen LogP contribution in [-0.2, 0) is 13.1 Å². The summed E-state index contributed by atoms with van der Waals surface area (Å²) in [6.45, 7) is 8.10. The van der Waals surface area contributed by atoms with Crippen LogP contribution in [0.25, 0.3) is 0 Å². The van der Waals surface area contributed by atoms with Crippen LogP contribution in [0.5, 0.6) is 5.88 Å². The lowest BCUT2D eigenvalue weighted by Gasteiger charge is -2.22. The van der Waals surface area contributed by atoms with E-state index in [0.717, 1.165) is 12.1 Å². The Morgan fingerprint density at radius 3 is 2.64 bits per heavy atom. The molecule has 0 aliphatic rings. The van der Waals surface area contributed by atoms with Crippen LogP contribution in [0.15, 0.2) is 42.6 Å². The lowest BCUT2D eigenvalue weighted by molar-refractivity contribution is 0.0950. The number of aromatic nitrogens is 1. The highest BCUT2D eigenvalue weighted by Crippen LogP contribution is 2.13. The molecule has 0 bridgehead atoms. The van der Waals surface area contributed by atoms with Crippen LogP contribution >= 0.6 is 0 Å². The van der Waals surface area contributed by atoms with Gasteiger partial charge in [0, 0.05) is 37.0 Å². The van der Waals surface area contributed by atoms with E-state index in [4.69, 9.17) is 4.74 Å². The zero-order valence-electron chi connectivity index (χ0n) is 15.5.